The molecule has 0 bridgehead atoms. The lowest BCUT2D eigenvalue weighted by Gasteiger charge is -2.14. The van der Waals surface area contributed by atoms with Crippen LogP contribution in [0.3, 0.4) is 0 Å². The minimum absolute atomic E-state index is 0.0316. The number of nitrogens with one attached hydrogen (secondary N) is 1. The molecule has 28 heavy (non-hydrogen) atoms. The van der Waals surface area contributed by atoms with Crippen molar-refractivity contribution in [1.29, 1.82) is 5.26 Å². The molecule has 0 fully saturated rings. The highest BCUT2D eigenvalue weighted by Crippen LogP contribution is 2.39. The van der Waals surface area contributed by atoms with Crippen LogP contribution in [0.4, 0.5) is 5.69 Å². The average molecular weight is 380 g/mol. The fraction of sp³-hybridized carbons (Fsp3) is 0.273. The van der Waals surface area contributed by atoms with E-state index in [1.165, 1.54) is 20.3 Å². The number of carbonyl (C=O) groups excluding carboxylic acids is 1. The maximum Gasteiger partial charge on any atom is 0.266 e. The molecular weight excluding hydrogens is 356 g/mol. The Morgan fingerprint density at radius 1 is 1.14 bits per heavy atom. The van der Waals surface area contributed by atoms with E-state index in [0.29, 0.717) is 35.1 Å². The molecule has 0 aromatic heterocycles. The van der Waals surface area contributed by atoms with Gasteiger partial charge in [0.15, 0.2) is 11.5 Å². The van der Waals surface area contributed by atoms with E-state index >= 15 is 0 Å². The van der Waals surface area contributed by atoms with Crippen LogP contribution in [0, 0.1) is 25.2 Å². The number of rotatable bonds is 7. The van der Waals surface area contributed by atoms with E-state index in [0.717, 1.165) is 11.1 Å². The molecule has 6 nitrogen and oxygen atoms in total. The predicted octanol–water partition coefficient (Wildman–Crippen LogP) is 4.27. The van der Waals surface area contributed by atoms with Crippen molar-refractivity contribution in [2.24, 2.45) is 0 Å². The van der Waals surface area contributed by atoms with Gasteiger partial charge in [0, 0.05) is 5.69 Å². The number of hydrogen-bond acceptors (Lipinski definition) is 5. The van der Waals surface area contributed by atoms with Gasteiger partial charge in [0.2, 0.25) is 5.75 Å². The number of anilines is 1. The van der Waals surface area contributed by atoms with E-state index in [1.807, 2.05) is 45.0 Å². The lowest BCUT2D eigenvalue weighted by molar-refractivity contribution is -0.112. The van der Waals surface area contributed by atoms with Gasteiger partial charge in [0.25, 0.3) is 5.91 Å². The highest BCUT2D eigenvalue weighted by atomic mass is 16.5. The molecule has 0 heterocycles. The largest absolute Gasteiger partial charge is 0.493 e. The Kier molecular flexibility index (Phi) is 7.05. The van der Waals surface area contributed by atoms with Gasteiger partial charge in [-0.25, -0.2) is 0 Å². The van der Waals surface area contributed by atoms with Crippen LogP contribution in [-0.4, -0.2) is 26.7 Å². The van der Waals surface area contributed by atoms with Crippen molar-refractivity contribution in [3.8, 4) is 23.3 Å². The highest BCUT2D eigenvalue weighted by molar-refractivity contribution is 6.10. The second-order valence-corrected chi connectivity index (χ2v) is 6.08. The van der Waals surface area contributed by atoms with Gasteiger partial charge >= 0.3 is 0 Å². The third-order valence-electron chi connectivity index (χ3n) is 4.17. The van der Waals surface area contributed by atoms with Gasteiger partial charge in [-0.05, 0) is 55.7 Å². The van der Waals surface area contributed by atoms with E-state index in [9.17, 15) is 10.1 Å². The molecule has 0 aliphatic rings. The van der Waals surface area contributed by atoms with E-state index < -0.39 is 5.91 Å². The minimum atomic E-state index is -0.480. The molecule has 1 N–H and O–H groups in total. The summed E-state index contributed by atoms with van der Waals surface area (Å²) in [4.78, 5) is 12.6. The summed E-state index contributed by atoms with van der Waals surface area (Å²) in [6, 6.07) is 11.1. The number of benzene rings is 2. The number of nitrogens with zero attached hydrogens (tertiary/aromatic N) is 1. The zero-order chi connectivity index (χ0) is 20.7. The molecule has 0 saturated carbocycles. The molecule has 1 amide bonds. The normalized spacial score (nSPS) is 10.8. The quantitative estimate of drug-likeness (QED) is 0.573. The number of para-hydroxylation sites is 1. The summed E-state index contributed by atoms with van der Waals surface area (Å²) in [5.41, 5.74) is 3.11. The number of amides is 1. The lowest BCUT2D eigenvalue weighted by atomic mass is 10.1. The molecule has 0 aliphatic heterocycles. The van der Waals surface area contributed by atoms with Crippen LogP contribution in [0.1, 0.15) is 23.6 Å². The molecule has 2 aromatic carbocycles. The SMILES string of the molecule is CCOc1c(OC)cc(C=C(C#N)C(=O)Nc2c(C)cccc2C)cc1OC. The van der Waals surface area contributed by atoms with Gasteiger partial charge < -0.3 is 19.5 Å². The van der Waals surface area contributed by atoms with Crippen LogP contribution in [0.15, 0.2) is 35.9 Å². The van der Waals surface area contributed by atoms with Crippen LogP contribution in [0.5, 0.6) is 17.2 Å². The molecule has 0 unspecified atom stereocenters. The minimum Gasteiger partial charge on any atom is -0.493 e. The molecular formula is C22H24N2O4. The summed E-state index contributed by atoms with van der Waals surface area (Å²) in [5, 5.41) is 12.3. The van der Waals surface area contributed by atoms with Gasteiger partial charge in [-0.2, -0.15) is 5.26 Å². The molecule has 2 rings (SSSR count). The van der Waals surface area contributed by atoms with E-state index in [2.05, 4.69) is 5.32 Å². The van der Waals surface area contributed by atoms with E-state index in [1.54, 1.807) is 12.1 Å². The van der Waals surface area contributed by atoms with Gasteiger partial charge in [-0.3, -0.25) is 4.79 Å². The monoisotopic (exact) mass is 380 g/mol. The Bertz CT molecular complexity index is 897. The van der Waals surface area contributed by atoms with Crippen molar-refractivity contribution in [1.82, 2.24) is 0 Å². The average Bonchev–Trinajstić information content (AvgIpc) is 2.69. The third-order valence-corrected chi connectivity index (χ3v) is 4.17. The Balaban J connectivity index is 2.41. The van der Waals surface area contributed by atoms with Gasteiger partial charge in [-0.15, -0.1) is 0 Å². The smallest absolute Gasteiger partial charge is 0.266 e. The topological polar surface area (TPSA) is 80.6 Å². The van der Waals surface area contributed by atoms with Crippen LogP contribution >= 0.6 is 0 Å². The molecule has 0 atom stereocenters. The van der Waals surface area contributed by atoms with Gasteiger partial charge in [0.05, 0.1) is 20.8 Å². The molecule has 6 heteroatoms. The third kappa shape index (κ3) is 4.63. The van der Waals surface area contributed by atoms with Crippen molar-refractivity contribution < 1.29 is 19.0 Å². The van der Waals surface area contributed by atoms with Crippen LogP contribution < -0.4 is 19.5 Å². The summed E-state index contributed by atoms with van der Waals surface area (Å²) in [7, 11) is 3.04. The predicted molar refractivity (Wildman–Crippen MR) is 109 cm³/mol. The highest BCUT2D eigenvalue weighted by Gasteiger charge is 2.16. The second kappa shape index (κ2) is 9.47. The number of methoxy groups -OCH3 is 2. The van der Waals surface area contributed by atoms with E-state index in [-0.39, 0.29) is 5.57 Å². The first kappa shape index (κ1) is 20.8. The Morgan fingerprint density at radius 3 is 2.18 bits per heavy atom. The van der Waals surface area contributed by atoms with Crippen LogP contribution in [0.2, 0.25) is 0 Å². The number of nitriles is 1. The molecule has 0 radical (unpaired) electrons. The molecule has 2 aromatic rings. The van der Waals surface area contributed by atoms with Crippen LogP contribution in [-0.2, 0) is 4.79 Å². The van der Waals surface area contributed by atoms with Crippen LogP contribution in [0.25, 0.3) is 6.08 Å². The van der Waals surface area contributed by atoms with Crippen molar-refractivity contribution in [3.05, 3.63) is 52.6 Å². The molecule has 0 saturated heterocycles. The number of hydrogen-bond donors (Lipinski definition) is 1. The summed E-state index contributed by atoms with van der Waals surface area (Å²) in [6.45, 7) is 6.11. The maximum absolute atomic E-state index is 12.6. The molecule has 0 aliphatic carbocycles. The van der Waals surface area contributed by atoms with Crippen molar-refractivity contribution in [3.63, 3.8) is 0 Å². The number of aryl methyl sites for hydroxylation is 2. The van der Waals surface area contributed by atoms with Crippen molar-refractivity contribution in [2.75, 3.05) is 26.1 Å². The van der Waals surface area contributed by atoms with Gasteiger partial charge in [-0.1, -0.05) is 18.2 Å². The summed E-state index contributed by atoms with van der Waals surface area (Å²) >= 11 is 0. The number of ether oxygens (including phenoxy) is 3. The Hall–Kier alpha value is -3.46. The summed E-state index contributed by atoms with van der Waals surface area (Å²) in [5.74, 6) is 0.912. The van der Waals surface area contributed by atoms with Gasteiger partial charge in [0.1, 0.15) is 11.6 Å². The first-order chi connectivity index (χ1) is 13.4. The Labute approximate surface area is 165 Å². The zero-order valence-corrected chi connectivity index (χ0v) is 16.8. The zero-order valence-electron chi connectivity index (χ0n) is 16.8. The molecule has 0 spiro atoms. The lowest BCUT2D eigenvalue weighted by Crippen LogP contribution is -2.15. The maximum atomic E-state index is 12.6. The fourth-order valence-electron chi connectivity index (χ4n) is 2.78. The first-order valence-corrected chi connectivity index (χ1v) is 8.83. The van der Waals surface area contributed by atoms with Crippen molar-refractivity contribution >= 4 is 17.7 Å². The first-order valence-electron chi connectivity index (χ1n) is 8.83. The summed E-state index contributed by atoms with van der Waals surface area (Å²) in [6.07, 6.45) is 1.49. The fourth-order valence-corrected chi connectivity index (χ4v) is 2.78. The van der Waals surface area contributed by atoms with Crippen molar-refractivity contribution in [2.45, 2.75) is 20.8 Å². The number of carbonyl (C=O) groups is 1. The standard InChI is InChI=1S/C22H24N2O4/c1-6-28-21-18(26-4)11-16(12-19(21)27-5)10-17(13-23)22(25)24-20-14(2)8-7-9-15(20)3/h7-12H,6H2,1-5H3,(H,24,25). The molecule has 146 valence electrons. The van der Waals surface area contributed by atoms with E-state index in [4.69, 9.17) is 14.2 Å². The second-order valence-electron chi connectivity index (χ2n) is 6.08. The Morgan fingerprint density at radius 2 is 1.71 bits per heavy atom. The summed E-state index contributed by atoms with van der Waals surface area (Å²) < 4.78 is 16.3.